The summed E-state index contributed by atoms with van der Waals surface area (Å²) < 4.78 is 6.68. The van der Waals surface area contributed by atoms with Gasteiger partial charge < -0.3 is 20.4 Å². The Morgan fingerprint density at radius 2 is 1.85 bits per heavy atom. The lowest BCUT2D eigenvalue weighted by Gasteiger charge is -2.12. The number of urea groups is 1. The molecule has 3 aromatic rings. The lowest BCUT2D eigenvalue weighted by molar-refractivity contribution is -0.121. The summed E-state index contributed by atoms with van der Waals surface area (Å²) in [5.74, 6) is 0.539. The Morgan fingerprint density at radius 1 is 1.11 bits per heavy atom. The summed E-state index contributed by atoms with van der Waals surface area (Å²) in [7, 11) is 0. The molecule has 0 aliphatic carbocycles. The van der Waals surface area contributed by atoms with Crippen LogP contribution >= 0.6 is 15.9 Å². The lowest BCUT2D eigenvalue weighted by atomic mass is 10.2. The Hall–Kier alpha value is -2.80. The first kappa shape index (κ1) is 19.0. The van der Waals surface area contributed by atoms with E-state index in [4.69, 9.17) is 4.42 Å². The van der Waals surface area contributed by atoms with Crippen LogP contribution in [0.25, 0.3) is 11.0 Å². The number of furan rings is 1. The van der Waals surface area contributed by atoms with Crippen LogP contribution in [0.3, 0.4) is 0 Å². The number of carbonyl (C=O) groups excluding carboxylic acids is 2. The second-order valence-corrected chi connectivity index (χ2v) is 7.03. The zero-order valence-electron chi connectivity index (χ0n) is 14.8. The van der Waals surface area contributed by atoms with Crippen molar-refractivity contribution in [3.05, 3.63) is 64.8 Å². The Balaban J connectivity index is 1.42. The van der Waals surface area contributed by atoms with Crippen molar-refractivity contribution >= 4 is 44.5 Å². The molecule has 1 aromatic heterocycles. The lowest BCUT2D eigenvalue weighted by Crippen LogP contribution is -2.34. The Bertz CT molecular complexity index is 904. The molecule has 3 rings (SSSR count). The predicted octanol–water partition coefficient (Wildman–Crippen LogP) is 4.58. The largest absolute Gasteiger partial charge is 0.459 e. The average Bonchev–Trinajstić information content (AvgIpc) is 3.08. The van der Waals surface area contributed by atoms with Crippen LogP contribution in [0.15, 0.2) is 63.5 Å². The van der Waals surface area contributed by atoms with Gasteiger partial charge in [-0.15, -0.1) is 0 Å². The standard InChI is InChI=1S/C20H20BrN3O3/c1-13(18-12-14-4-2-3-5-17(14)27-18)23-19(25)10-11-22-20(26)24-16-8-6-15(21)7-9-16/h2-9,12-13H,10-11H2,1H3,(H,23,25)(H2,22,24,26). The topological polar surface area (TPSA) is 83.4 Å². The number of para-hydroxylation sites is 1. The number of benzene rings is 2. The van der Waals surface area contributed by atoms with Crippen LogP contribution in [0.2, 0.25) is 0 Å². The van der Waals surface area contributed by atoms with Gasteiger partial charge >= 0.3 is 6.03 Å². The van der Waals surface area contributed by atoms with Crippen LogP contribution in [-0.2, 0) is 4.79 Å². The number of halogens is 1. The van der Waals surface area contributed by atoms with Gasteiger partial charge in [0.25, 0.3) is 0 Å². The molecule has 0 saturated carbocycles. The third-order valence-electron chi connectivity index (χ3n) is 3.99. The van der Waals surface area contributed by atoms with Gasteiger partial charge in [0, 0.05) is 28.5 Å². The smallest absolute Gasteiger partial charge is 0.319 e. The molecule has 0 fully saturated rings. The SMILES string of the molecule is CC(NC(=O)CCNC(=O)Nc1ccc(Br)cc1)c1cc2ccccc2o1. The molecule has 0 radical (unpaired) electrons. The van der Waals surface area contributed by atoms with Crippen molar-refractivity contribution in [1.29, 1.82) is 0 Å². The quantitative estimate of drug-likeness (QED) is 0.535. The van der Waals surface area contributed by atoms with Gasteiger partial charge in [0.05, 0.1) is 6.04 Å². The van der Waals surface area contributed by atoms with E-state index in [9.17, 15) is 9.59 Å². The van der Waals surface area contributed by atoms with Crippen molar-refractivity contribution < 1.29 is 14.0 Å². The third-order valence-corrected chi connectivity index (χ3v) is 4.52. The second kappa shape index (κ2) is 8.73. The molecule has 27 heavy (non-hydrogen) atoms. The number of amides is 3. The maximum Gasteiger partial charge on any atom is 0.319 e. The number of nitrogens with one attached hydrogen (secondary N) is 3. The maximum atomic E-state index is 12.1. The average molecular weight is 430 g/mol. The van der Waals surface area contributed by atoms with Crippen molar-refractivity contribution in [1.82, 2.24) is 10.6 Å². The van der Waals surface area contributed by atoms with Gasteiger partial charge in [-0.3, -0.25) is 4.79 Å². The van der Waals surface area contributed by atoms with Crippen LogP contribution < -0.4 is 16.0 Å². The Kier molecular flexibility index (Phi) is 6.13. The highest BCUT2D eigenvalue weighted by molar-refractivity contribution is 9.10. The highest BCUT2D eigenvalue weighted by atomic mass is 79.9. The van der Waals surface area contributed by atoms with Gasteiger partial charge in [0.15, 0.2) is 0 Å². The molecule has 0 saturated heterocycles. The number of hydrogen-bond acceptors (Lipinski definition) is 3. The molecular weight excluding hydrogens is 410 g/mol. The van der Waals surface area contributed by atoms with E-state index in [2.05, 4.69) is 31.9 Å². The van der Waals surface area contributed by atoms with Gasteiger partial charge in [-0.05, 0) is 43.3 Å². The van der Waals surface area contributed by atoms with Crippen LogP contribution in [0.5, 0.6) is 0 Å². The predicted molar refractivity (Wildman–Crippen MR) is 109 cm³/mol. The van der Waals surface area contributed by atoms with Gasteiger partial charge in [-0.2, -0.15) is 0 Å². The molecule has 0 bridgehead atoms. The number of hydrogen-bond donors (Lipinski definition) is 3. The number of rotatable bonds is 6. The van der Waals surface area contributed by atoms with Gasteiger partial charge in [-0.1, -0.05) is 34.1 Å². The van der Waals surface area contributed by atoms with Gasteiger partial charge in [0.2, 0.25) is 5.91 Å². The van der Waals surface area contributed by atoms with Crippen LogP contribution in [0.4, 0.5) is 10.5 Å². The fraction of sp³-hybridized carbons (Fsp3) is 0.200. The molecule has 2 aromatic carbocycles. The highest BCUT2D eigenvalue weighted by Gasteiger charge is 2.14. The third kappa shape index (κ3) is 5.34. The Morgan fingerprint density at radius 3 is 2.59 bits per heavy atom. The van der Waals surface area contributed by atoms with Crippen LogP contribution in [-0.4, -0.2) is 18.5 Å². The van der Waals surface area contributed by atoms with Crippen molar-refractivity contribution in [3.8, 4) is 0 Å². The van der Waals surface area contributed by atoms with E-state index < -0.39 is 0 Å². The molecule has 3 N–H and O–H groups in total. The summed E-state index contributed by atoms with van der Waals surface area (Å²) >= 11 is 3.34. The monoisotopic (exact) mass is 429 g/mol. The van der Waals surface area contributed by atoms with Crippen molar-refractivity contribution in [2.45, 2.75) is 19.4 Å². The summed E-state index contributed by atoms with van der Waals surface area (Å²) in [6.07, 6.45) is 0.179. The molecule has 1 heterocycles. The molecule has 1 unspecified atom stereocenters. The molecule has 140 valence electrons. The highest BCUT2D eigenvalue weighted by Crippen LogP contribution is 2.23. The summed E-state index contributed by atoms with van der Waals surface area (Å²) in [5.41, 5.74) is 1.47. The number of fused-ring (bicyclic) bond motifs is 1. The van der Waals surface area contributed by atoms with Crippen molar-refractivity contribution in [2.24, 2.45) is 0 Å². The summed E-state index contributed by atoms with van der Waals surface area (Å²) in [6, 6.07) is 16.3. The Labute approximate surface area is 165 Å². The van der Waals surface area contributed by atoms with Crippen molar-refractivity contribution in [2.75, 3.05) is 11.9 Å². The zero-order valence-corrected chi connectivity index (χ0v) is 16.4. The van der Waals surface area contributed by atoms with Crippen molar-refractivity contribution in [3.63, 3.8) is 0 Å². The van der Waals surface area contributed by atoms with E-state index >= 15 is 0 Å². The minimum atomic E-state index is -0.351. The summed E-state index contributed by atoms with van der Waals surface area (Å²) in [6.45, 7) is 2.10. The zero-order chi connectivity index (χ0) is 19.2. The molecule has 3 amide bonds. The minimum absolute atomic E-state index is 0.160. The molecule has 1 atom stereocenters. The fourth-order valence-electron chi connectivity index (χ4n) is 2.60. The summed E-state index contributed by atoms with van der Waals surface area (Å²) in [4.78, 5) is 23.9. The first-order valence-electron chi connectivity index (χ1n) is 8.59. The maximum absolute atomic E-state index is 12.1. The first-order chi connectivity index (χ1) is 13.0. The van der Waals surface area contributed by atoms with Crippen LogP contribution in [0, 0.1) is 0 Å². The van der Waals surface area contributed by atoms with E-state index in [0.29, 0.717) is 11.4 Å². The molecule has 6 nitrogen and oxygen atoms in total. The molecule has 0 aliphatic rings. The molecule has 7 heteroatoms. The van der Waals surface area contributed by atoms with E-state index in [1.54, 1.807) is 12.1 Å². The second-order valence-electron chi connectivity index (χ2n) is 6.11. The molecule has 0 spiro atoms. The van der Waals surface area contributed by atoms with E-state index in [1.807, 2.05) is 49.4 Å². The van der Waals surface area contributed by atoms with E-state index in [0.717, 1.165) is 15.4 Å². The van der Waals surface area contributed by atoms with E-state index in [-0.39, 0.29) is 30.9 Å². The number of carbonyl (C=O) groups is 2. The van der Waals surface area contributed by atoms with Gasteiger partial charge in [0.1, 0.15) is 11.3 Å². The normalized spacial score (nSPS) is 11.8. The van der Waals surface area contributed by atoms with E-state index in [1.165, 1.54) is 0 Å². The summed E-state index contributed by atoms with van der Waals surface area (Å²) in [5, 5.41) is 9.25. The number of anilines is 1. The minimum Gasteiger partial charge on any atom is -0.459 e. The molecular formula is C20H20BrN3O3. The first-order valence-corrected chi connectivity index (χ1v) is 9.39. The fourth-order valence-corrected chi connectivity index (χ4v) is 2.86. The van der Waals surface area contributed by atoms with Gasteiger partial charge in [-0.25, -0.2) is 4.79 Å². The molecule has 0 aliphatic heterocycles. The van der Waals surface area contributed by atoms with Crippen LogP contribution in [0.1, 0.15) is 25.1 Å².